The molecule has 1 aromatic carbocycles. The van der Waals surface area contributed by atoms with Crippen molar-refractivity contribution in [3.8, 4) is 0 Å². The monoisotopic (exact) mass is 248 g/mol. The van der Waals surface area contributed by atoms with Crippen molar-refractivity contribution in [2.75, 3.05) is 5.32 Å². The van der Waals surface area contributed by atoms with Crippen LogP contribution >= 0.6 is 11.6 Å². The Hall–Kier alpha value is -1.32. The van der Waals surface area contributed by atoms with Gasteiger partial charge >= 0.3 is 0 Å². The number of aliphatic hydroxyl groups excluding tert-OH is 1. The fourth-order valence-electron chi connectivity index (χ4n) is 2.17. The van der Waals surface area contributed by atoms with Crippen molar-refractivity contribution in [3.05, 3.63) is 35.5 Å². The number of aromatic nitrogens is 1. The normalized spacial score (nSPS) is 23.4. The first kappa shape index (κ1) is 10.8. The lowest BCUT2D eigenvalue weighted by atomic mass is 9.89. The SMILES string of the molecule is OC1CC(Nc2ccnc3cc(Cl)ccc23)C1. The maximum atomic E-state index is 9.28. The fourth-order valence-corrected chi connectivity index (χ4v) is 2.34. The summed E-state index contributed by atoms with van der Waals surface area (Å²) in [6.45, 7) is 0. The Bertz CT molecular complexity index is 552. The predicted octanol–water partition coefficient (Wildman–Crippen LogP) is 2.82. The van der Waals surface area contributed by atoms with E-state index < -0.39 is 0 Å². The molecule has 2 N–H and O–H groups in total. The molecule has 0 aliphatic heterocycles. The standard InChI is InChI=1S/C13H13ClN2O/c14-8-1-2-11-12(3-4-15-13(11)5-8)16-9-6-10(17)7-9/h1-5,9-10,17H,6-7H2,(H,15,16). The van der Waals surface area contributed by atoms with Gasteiger partial charge in [-0.2, -0.15) is 0 Å². The Morgan fingerprint density at radius 2 is 2.12 bits per heavy atom. The van der Waals surface area contributed by atoms with Crippen LogP contribution in [0, 0.1) is 0 Å². The van der Waals surface area contributed by atoms with Crippen molar-refractivity contribution in [1.29, 1.82) is 0 Å². The molecule has 1 aliphatic rings. The van der Waals surface area contributed by atoms with E-state index in [2.05, 4.69) is 10.3 Å². The molecule has 1 saturated carbocycles. The van der Waals surface area contributed by atoms with Crippen LogP contribution in [-0.2, 0) is 0 Å². The molecule has 3 nitrogen and oxygen atoms in total. The molecule has 1 heterocycles. The van der Waals surface area contributed by atoms with Gasteiger partial charge in [0.15, 0.2) is 0 Å². The number of pyridine rings is 1. The van der Waals surface area contributed by atoms with E-state index in [4.69, 9.17) is 11.6 Å². The average molecular weight is 249 g/mol. The minimum absolute atomic E-state index is 0.143. The molecule has 2 aromatic rings. The number of anilines is 1. The zero-order valence-electron chi connectivity index (χ0n) is 9.23. The first-order chi connectivity index (χ1) is 8.22. The maximum Gasteiger partial charge on any atom is 0.0737 e. The van der Waals surface area contributed by atoms with Crippen LogP contribution in [0.1, 0.15) is 12.8 Å². The van der Waals surface area contributed by atoms with Gasteiger partial charge in [0.2, 0.25) is 0 Å². The van der Waals surface area contributed by atoms with Crippen LogP contribution in [-0.4, -0.2) is 22.2 Å². The summed E-state index contributed by atoms with van der Waals surface area (Å²) in [6, 6.07) is 8.03. The van der Waals surface area contributed by atoms with E-state index in [-0.39, 0.29) is 6.10 Å². The summed E-state index contributed by atoms with van der Waals surface area (Å²) in [5.41, 5.74) is 1.95. The molecule has 1 aromatic heterocycles. The zero-order valence-corrected chi connectivity index (χ0v) is 9.98. The third kappa shape index (κ3) is 2.08. The van der Waals surface area contributed by atoms with Gasteiger partial charge in [-0.3, -0.25) is 4.98 Å². The van der Waals surface area contributed by atoms with Crippen LogP contribution in [0.3, 0.4) is 0 Å². The summed E-state index contributed by atoms with van der Waals surface area (Å²) < 4.78 is 0. The first-order valence-electron chi connectivity index (χ1n) is 5.71. The minimum Gasteiger partial charge on any atom is -0.393 e. The van der Waals surface area contributed by atoms with E-state index in [0.29, 0.717) is 11.1 Å². The van der Waals surface area contributed by atoms with Crippen molar-refractivity contribution >= 4 is 28.2 Å². The van der Waals surface area contributed by atoms with Crippen molar-refractivity contribution in [3.63, 3.8) is 0 Å². The van der Waals surface area contributed by atoms with Crippen LogP contribution in [0.2, 0.25) is 5.02 Å². The second-order valence-corrected chi connectivity index (χ2v) is 4.92. The van der Waals surface area contributed by atoms with Gasteiger partial charge in [-0.1, -0.05) is 11.6 Å². The number of nitrogens with zero attached hydrogens (tertiary/aromatic N) is 1. The molecule has 0 amide bonds. The van der Waals surface area contributed by atoms with E-state index in [1.807, 2.05) is 24.3 Å². The zero-order chi connectivity index (χ0) is 11.8. The molecule has 0 saturated heterocycles. The van der Waals surface area contributed by atoms with Crippen molar-refractivity contribution in [1.82, 2.24) is 4.98 Å². The molecule has 1 fully saturated rings. The highest BCUT2D eigenvalue weighted by Crippen LogP contribution is 2.29. The summed E-state index contributed by atoms with van der Waals surface area (Å²) in [7, 11) is 0. The smallest absolute Gasteiger partial charge is 0.0737 e. The van der Waals surface area contributed by atoms with Gasteiger partial charge in [-0.15, -0.1) is 0 Å². The molecule has 0 unspecified atom stereocenters. The van der Waals surface area contributed by atoms with E-state index in [9.17, 15) is 5.11 Å². The average Bonchev–Trinajstić information content (AvgIpc) is 2.27. The van der Waals surface area contributed by atoms with Gasteiger partial charge in [-0.25, -0.2) is 0 Å². The summed E-state index contributed by atoms with van der Waals surface area (Å²) >= 11 is 5.94. The number of rotatable bonds is 2. The van der Waals surface area contributed by atoms with E-state index in [1.165, 1.54) is 0 Å². The fraction of sp³-hybridized carbons (Fsp3) is 0.308. The molecule has 0 radical (unpaired) electrons. The number of benzene rings is 1. The number of fused-ring (bicyclic) bond motifs is 1. The second kappa shape index (κ2) is 4.17. The number of hydrogen-bond donors (Lipinski definition) is 2. The summed E-state index contributed by atoms with van der Waals surface area (Å²) in [5, 5.41) is 14.5. The van der Waals surface area contributed by atoms with Crippen LogP contribution in [0.4, 0.5) is 5.69 Å². The number of hydrogen-bond acceptors (Lipinski definition) is 3. The third-order valence-corrected chi connectivity index (χ3v) is 3.41. The highest BCUT2D eigenvalue weighted by molar-refractivity contribution is 6.31. The topological polar surface area (TPSA) is 45.1 Å². The quantitative estimate of drug-likeness (QED) is 0.859. The molecule has 0 spiro atoms. The van der Waals surface area contributed by atoms with Crippen LogP contribution in [0.15, 0.2) is 30.5 Å². The highest BCUT2D eigenvalue weighted by atomic mass is 35.5. The van der Waals surface area contributed by atoms with E-state index in [1.54, 1.807) is 6.20 Å². The van der Waals surface area contributed by atoms with E-state index in [0.717, 1.165) is 29.4 Å². The molecule has 3 rings (SSSR count). The highest BCUT2D eigenvalue weighted by Gasteiger charge is 2.27. The van der Waals surface area contributed by atoms with Crippen molar-refractivity contribution in [2.45, 2.75) is 25.0 Å². The number of aliphatic hydroxyl groups is 1. The lowest BCUT2D eigenvalue weighted by Crippen LogP contribution is -2.38. The van der Waals surface area contributed by atoms with Crippen molar-refractivity contribution in [2.24, 2.45) is 0 Å². The molecule has 88 valence electrons. The summed E-state index contributed by atoms with van der Waals surface area (Å²) in [6.07, 6.45) is 3.26. The Balaban J connectivity index is 1.93. The van der Waals surface area contributed by atoms with E-state index >= 15 is 0 Å². The van der Waals surface area contributed by atoms with Crippen LogP contribution in [0.5, 0.6) is 0 Å². The summed E-state index contributed by atoms with van der Waals surface area (Å²) in [5.74, 6) is 0. The second-order valence-electron chi connectivity index (χ2n) is 4.49. The van der Waals surface area contributed by atoms with Gasteiger partial charge in [-0.05, 0) is 37.1 Å². The molecule has 4 heteroatoms. The lowest BCUT2D eigenvalue weighted by molar-refractivity contribution is 0.0837. The largest absolute Gasteiger partial charge is 0.393 e. The minimum atomic E-state index is -0.143. The lowest BCUT2D eigenvalue weighted by Gasteiger charge is -2.33. The van der Waals surface area contributed by atoms with Gasteiger partial charge in [0.1, 0.15) is 0 Å². The van der Waals surface area contributed by atoms with Gasteiger partial charge in [0, 0.05) is 28.3 Å². The Kier molecular flexibility index (Phi) is 2.65. The van der Waals surface area contributed by atoms with Gasteiger partial charge in [0.05, 0.1) is 11.6 Å². The van der Waals surface area contributed by atoms with Gasteiger partial charge < -0.3 is 10.4 Å². The molecular formula is C13H13ClN2O. The number of nitrogens with one attached hydrogen (secondary N) is 1. The Labute approximate surface area is 104 Å². The molecule has 1 aliphatic carbocycles. The Morgan fingerprint density at radius 3 is 2.88 bits per heavy atom. The first-order valence-corrected chi connectivity index (χ1v) is 6.09. The molecule has 0 atom stereocenters. The number of halogens is 1. The predicted molar refractivity (Wildman–Crippen MR) is 69.4 cm³/mol. The van der Waals surface area contributed by atoms with Crippen molar-refractivity contribution < 1.29 is 5.11 Å². The van der Waals surface area contributed by atoms with Crippen LogP contribution in [0.25, 0.3) is 10.9 Å². The Morgan fingerprint density at radius 1 is 1.29 bits per heavy atom. The van der Waals surface area contributed by atoms with Gasteiger partial charge in [0.25, 0.3) is 0 Å². The molecule has 0 bridgehead atoms. The summed E-state index contributed by atoms with van der Waals surface area (Å²) in [4.78, 5) is 4.29. The molecule has 17 heavy (non-hydrogen) atoms. The van der Waals surface area contributed by atoms with Crippen LogP contribution < -0.4 is 5.32 Å². The maximum absolute atomic E-state index is 9.28. The third-order valence-electron chi connectivity index (χ3n) is 3.18. The molecular weight excluding hydrogens is 236 g/mol.